The highest BCUT2D eigenvalue weighted by Crippen LogP contribution is 2.32. The number of thiocarbonyl (C=S) groups is 1. The first kappa shape index (κ1) is 20.1. The lowest BCUT2D eigenvalue weighted by atomic mass is 9.95. The molecule has 2 aromatic rings. The Morgan fingerprint density at radius 3 is 2.46 bits per heavy atom. The van der Waals surface area contributed by atoms with E-state index in [1.54, 1.807) is 25.1 Å². The molecule has 0 saturated carbocycles. The van der Waals surface area contributed by atoms with E-state index in [4.69, 9.17) is 35.4 Å². The molecule has 1 heterocycles. The number of non-ortho nitro benzene ring substituents is 1. The number of nitro groups is 1. The minimum atomic E-state index is -0.540. The third-order valence-corrected chi connectivity index (χ3v) is 5.09. The molecule has 0 saturated heterocycles. The van der Waals surface area contributed by atoms with Crippen molar-refractivity contribution in [3.05, 3.63) is 79.5 Å². The molecule has 3 rings (SSSR count). The van der Waals surface area contributed by atoms with Crippen molar-refractivity contribution in [1.82, 2.24) is 10.6 Å². The lowest BCUT2D eigenvalue weighted by molar-refractivity contribution is -0.384. The van der Waals surface area contributed by atoms with Gasteiger partial charge in [-0.2, -0.15) is 0 Å². The minimum Gasteiger partial charge on any atom is -0.351 e. The van der Waals surface area contributed by atoms with Gasteiger partial charge in [0, 0.05) is 23.5 Å². The van der Waals surface area contributed by atoms with Crippen LogP contribution in [0.25, 0.3) is 0 Å². The monoisotopic (exact) mass is 436 g/mol. The summed E-state index contributed by atoms with van der Waals surface area (Å²) in [5.41, 5.74) is 2.07. The molecule has 0 spiro atoms. The summed E-state index contributed by atoms with van der Waals surface area (Å²) in [6.45, 7) is 1.74. The number of carbonyl (C=O) groups is 1. The third-order valence-electron chi connectivity index (χ3n) is 4.13. The van der Waals surface area contributed by atoms with Gasteiger partial charge in [0.2, 0.25) is 0 Å². The van der Waals surface area contributed by atoms with Crippen molar-refractivity contribution >= 4 is 57.8 Å². The number of allylic oxidation sites excluding steroid dienone is 1. The summed E-state index contributed by atoms with van der Waals surface area (Å²) in [4.78, 5) is 23.2. The first-order valence-corrected chi connectivity index (χ1v) is 9.21. The van der Waals surface area contributed by atoms with Crippen molar-refractivity contribution in [2.75, 3.05) is 5.32 Å². The Morgan fingerprint density at radius 1 is 1.18 bits per heavy atom. The number of amides is 1. The van der Waals surface area contributed by atoms with Gasteiger partial charge in [0.05, 0.1) is 26.6 Å². The highest BCUT2D eigenvalue weighted by molar-refractivity contribution is 7.80. The maximum Gasteiger partial charge on any atom is 0.269 e. The number of hydrogen-bond donors (Lipinski definition) is 3. The van der Waals surface area contributed by atoms with Gasteiger partial charge >= 0.3 is 0 Å². The van der Waals surface area contributed by atoms with Crippen LogP contribution in [-0.4, -0.2) is 15.9 Å². The number of nitro benzene ring substituents is 1. The molecule has 10 heteroatoms. The minimum absolute atomic E-state index is 0.0616. The van der Waals surface area contributed by atoms with Gasteiger partial charge in [-0.25, -0.2) is 0 Å². The first-order valence-electron chi connectivity index (χ1n) is 8.05. The van der Waals surface area contributed by atoms with Crippen LogP contribution >= 0.6 is 35.4 Å². The fraction of sp³-hybridized carbons (Fsp3) is 0.111. The van der Waals surface area contributed by atoms with E-state index in [9.17, 15) is 14.9 Å². The first-order chi connectivity index (χ1) is 13.3. The van der Waals surface area contributed by atoms with Gasteiger partial charge in [-0.1, -0.05) is 29.3 Å². The van der Waals surface area contributed by atoms with Gasteiger partial charge in [0.15, 0.2) is 5.11 Å². The largest absolute Gasteiger partial charge is 0.351 e. The van der Waals surface area contributed by atoms with E-state index in [0.717, 1.165) is 0 Å². The van der Waals surface area contributed by atoms with Crippen LogP contribution in [0.1, 0.15) is 18.5 Å². The maximum atomic E-state index is 13.0. The van der Waals surface area contributed by atoms with Crippen LogP contribution < -0.4 is 16.0 Å². The molecule has 1 aliphatic rings. The molecule has 144 valence electrons. The van der Waals surface area contributed by atoms with E-state index in [-0.39, 0.29) is 11.6 Å². The van der Waals surface area contributed by atoms with Gasteiger partial charge in [-0.3, -0.25) is 14.9 Å². The van der Waals surface area contributed by atoms with Crippen LogP contribution in [0.5, 0.6) is 0 Å². The van der Waals surface area contributed by atoms with Gasteiger partial charge in [0.25, 0.3) is 11.6 Å². The van der Waals surface area contributed by atoms with Crippen molar-refractivity contribution in [2.45, 2.75) is 13.0 Å². The lowest BCUT2D eigenvalue weighted by Crippen LogP contribution is -2.45. The van der Waals surface area contributed by atoms with E-state index >= 15 is 0 Å². The lowest BCUT2D eigenvalue weighted by Gasteiger charge is -2.30. The Labute approximate surface area is 175 Å². The van der Waals surface area contributed by atoms with E-state index in [0.29, 0.717) is 37.7 Å². The number of rotatable bonds is 4. The van der Waals surface area contributed by atoms with Crippen molar-refractivity contribution in [3.8, 4) is 0 Å². The van der Waals surface area contributed by atoms with Crippen molar-refractivity contribution in [1.29, 1.82) is 0 Å². The zero-order chi connectivity index (χ0) is 20.4. The molecule has 0 radical (unpaired) electrons. The van der Waals surface area contributed by atoms with Crippen LogP contribution in [0.2, 0.25) is 10.0 Å². The average Bonchev–Trinajstić information content (AvgIpc) is 2.63. The fourth-order valence-electron chi connectivity index (χ4n) is 2.80. The molecule has 0 aromatic heterocycles. The summed E-state index contributed by atoms with van der Waals surface area (Å²) in [5, 5.41) is 20.7. The molecule has 1 unspecified atom stereocenters. The molecule has 0 bridgehead atoms. The Balaban J connectivity index is 1.92. The zero-order valence-corrected chi connectivity index (χ0v) is 16.8. The molecule has 1 aliphatic heterocycles. The van der Waals surface area contributed by atoms with Crippen LogP contribution in [-0.2, 0) is 4.79 Å². The molecule has 1 amide bonds. The number of carbonyl (C=O) groups excluding carboxylic acids is 1. The van der Waals surface area contributed by atoms with Gasteiger partial charge in [-0.15, -0.1) is 0 Å². The number of nitrogens with zero attached hydrogens (tertiary/aromatic N) is 1. The summed E-state index contributed by atoms with van der Waals surface area (Å²) in [6, 6.07) is 10.1. The molecule has 3 N–H and O–H groups in total. The standard InChI is InChI=1S/C18H14Cl2N4O3S/c1-9-15(17(25)22-11-3-5-12(6-4-11)24(26)27)16(23-18(28)21-9)10-2-7-13(19)14(20)8-10/h2-8,16H,1H3,(H,22,25)(H2,21,23,28). The second kappa shape index (κ2) is 8.14. The van der Waals surface area contributed by atoms with Crippen LogP contribution in [0.15, 0.2) is 53.7 Å². The Morgan fingerprint density at radius 2 is 1.86 bits per heavy atom. The number of nitrogens with one attached hydrogen (secondary N) is 3. The summed E-state index contributed by atoms with van der Waals surface area (Å²) in [5.74, 6) is -0.384. The number of halogens is 2. The second-order valence-electron chi connectivity index (χ2n) is 6.00. The normalized spacial score (nSPS) is 16.2. The SMILES string of the molecule is CC1=C(C(=O)Nc2ccc([N+](=O)[O-])cc2)C(c2ccc(Cl)c(Cl)c2)NC(=S)N1. The van der Waals surface area contributed by atoms with Crippen molar-refractivity contribution < 1.29 is 9.72 Å². The predicted octanol–water partition coefficient (Wildman–Crippen LogP) is 4.33. The molecule has 1 atom stereocenters. The average molecular weight is 437 g/mol. The smallest absolute Gasteiger partial charge is 0.269 e. The third kappa shape index (κ3) is 4.24. The van der Waals surface area contributed by atoms with E-state index in [2.05, 4.69) is 16.0 Å². The summed E-state index contributed by atoms with van der Waals surface area (Å²) >= 11 is 17.3. The molecule has 2 aromatic carbocycles. The van der Waals surface area contributed by atoms with E-state index < -0.39 is 11.0 Å². The zero-order valence-electron chi connectivity index (χ0n) is 14.5. The van der Waals surface area contributed by atoms with Crippen LogP contribution in [0.3, 0.4) is 0 Å². The highest BCUT2D eigenvalue weighted by atomic mass is 35.5. The summed E-state index contributed by atoms with van der Waals surface area (Å²) < 4.78 is 0. The van der Waals surface area contributed by atoms with Crippen LogP contribution in [0.4, 0.5) is 11.4 Å². The quantitative estimate of drug-likeness (QED) is 0.374. The fourth-order valence-corrected chi connectivity index (χ4v) is 3.38. The Kier molecular flexibility index (Phi) is 5.83. The molecule has 7 nitrogen and oxygen atoms in total. The maximum absolute atomic E-state index is 13.0. The number of hydrogen-bond acceptors (Lipinski definition) is 4. The van der Waals surface area contributed by atoms with E-state index in [1.807, 2.05) is 0 Å². The predicted molar refractivity (Wildman–Crippen MR) is 112 cm³/mol. The Hall–Kier alpha value is -2.68. The van der Waals surface area contributed by atoms with Crippen LogP contribution in [0, 0.1) is 10.1 Å². The second-order valence-corrected chi connectivity index (χ2v) is 7.22. The molecule has 28 heavy (non-hydrogen) atoms. The van der Waals surface area contributed by atoms with Gasteiger partial charge in [-0.05, 0) is 49.0 Å². The van der Waals surface area contributed by atoms with Gasteiger partial charge < -0.3 is 16.0 Å². The highest BCUT2D eigenvalue weighted by Gasteiger charge is 2.30. The number of anilines is 1. The van der Waals surface area contributed by atoms with Crippen molar-refractivity contribution in [2.24, 2.45) is 0 Å². The summed E-state index contributed by atoms with van der Waals surface area (Å²) in [6.07, 6.45) is 0. The summed E-state index contributed by atoms with van der Waals surface area (Å²) in [7, 11) is 0. The topological polar surface area (TPSA) is 96.3 Å². The molecule has 0 fully saturated rings. The number of benzene rings is 2. The van der Waals surface area contributed by atoms with E-state index in [1.165, 1.54) is 24.3 Å². The molecule has 0 aliphatic carbocycles. The Bertz CT molecular complexity index is 1010. The van der Waals surface area contributed by atoms with Crippen molar-refractivity contribution in [3.63, 3.8) is 0 Å². The van der Waals surface area contributed by atoms with Gasteiger partial charge in [0.1, 0.15) is 0 Å². The molecular weight excluding hydrogens is 423 g/mol. The molecular formula is C18H14Cl2N4O3S.